The highest BCUT2D eigenvalue weighted by molar-refractivity contribution is 5.90. The summed E-state index contributed by atoms with van der Waals surface area (Å²) >= 11 is 0. The number of nitrogens with one attached hydrogen (secondary N) is 2. The SMILES string of the molecule is CCCC(=O)Nc1ccc(CN=C(NCC)N2CCN(C(=O)C3CCCO3)CC2)cc1. The quantitative estimate of drug-likeness (QED) is 0.513. The molecule has 0 saturated carbocycles. The maximum Gasteiger partial charge on any atom is 0.251 e. The van der Waals surface area contributed by atoms with E-state index in [9.17, 15) is 9.59 Å². The van der Waals surface area contributed by atoms with Crippen LogP contribution < -0.4 is 10.6 Å². The molecule has 0 radical (unpaired) electrons. The number of piperazine rings is 1. The van der Waals surface area contributed by atoms with Crippen LogP contribution in [-0.2, 0) is 20.9 Å². The van der Waals surface area contributed by atoms with Gasteiger partial charge in [-0.3, -0.25) is 9.59 Å². The average Bonchev–Trinajstić information content (AvgIpc) is 3.32. The number of carbonyl (C=O) groups excluding carboxylic acids is 2. The van der Waals surface area contributed by atoms with Gasteiger partial charge in [-0.05, 0) is 43.9 Å². The van der Waals surface area contributed by atoms with E-state index >= 15 is 0 Å². The minimum Gasteiger partial charge on any atom is -0.368 e. The van der Waals surface area contributed by atoms with Gasteiger partial charge >= 0.3 is 0 Å². The van der Waals surface area contributed by atoms with Gasteiger partial charge < -0.3 is 25.2 Å². The van der Waals surface area contributed by atoms with Crippen molar-refractivity contribution in [3.8, 4) is 0 Å². The van der Waals surface area contributed by atoms with E-state index in [-0.39, 0.29) is 17.9 Å². The lowest BCUT2D eigenvalue weighted by Crippen LogP contribution is -2.55. The van der Waals surface area contributed by atoms with Crippen LogP contribution in [-0.4, -0.2) is 73.0 Å². The molecule has 2 aliphatic rings. The Morgan fingerprint density at radius 1 is 1.10 bits per heavy atom. The van der Waals surface area contributed by atoms with Crippen LogP contribution in [0.2, 0.25) is 0 Å². The third-order valence-corrected chi connectivity index (χ3v) is 5.56. The van der Waals surface area contributed by atoms with Crippen LogP contribution in [0.25, 0.3) is 0 Å². The normalized spacial score (nSPS) is 19.4. The van der Waals surface area contributed by atoms with Gasteiger partial charge in [-0.2, -0.15) is 0 Å². The molecule has 2 fully saturated rings. The molecule has 170 valence electrons. The molecule has 0 bridgehead atoms. The van der Waals surface area contributed by atoms with Crippen LogP contribution in [0.15, 0.2) is 29.3 Å². The van der Waals surface area contributed by atoms with Crippen molar-refractivity contribution < 1.29 is 14.3 Å². The fourth-order valence-corrected chi connectivity index (χ4v) is 3.85. The molecule has 0 aromatic heterocycles. The van der Waals surface area contributed by atoms with E-state index in [0.717, 1.165) is 56.1 Å². The van der Waals surface area contributed by atoms with Crippen molar-refractivity contribution in [1.29, 1.82) is 0 Å². The highest BCUT2D eigenvalue weighted by atomic mass is 16.5. The molecule has 1 aromatic rings. The fourth-order valence-electron chi connectivity index (χ4n) is 3.85. The summed E-state index contributed by atoms with van der Waals surface area (Å²) < 4.78 is 5.55. The van der Waals surface area contributed by atoms with Crippen LogP contribution in [0.3, 0.4) is 0 Å². The third-order valence-electron chi connectivity index (χ3n) is 5.56. The molecule has 2 N–H and O–H groups in total. The standard InChI is InChI=1S/C23H35N5O3/c1-3-6-21(29)26-19-10-8-18(9-11-19)17-25-23(24-4-2)28-14-12-27(13-15-28)22(30)20-7-5-16-31-20/h8-11,20H,3-7,12-17H2,1-2H3,(H,24,25)(H,26,29). The zero-order valence-corrected chi connectivity index (χ0v) is 18.7. The summed E-state index contributed by atoms with van der Waals surface area (Å²) in [6, 6.07) is 7.82. The number of hydrogen-bond donors (Lipinski definition) is 2. The van der Waals surface area contributed by atoms with E-state index in [0.29, 0.717) is 32.7 Å². The third kappa shape index (κ3) is 6.69. The second kappa shape index (κ2) is 11.7. The molecule has 2 saturated heterocycles. The highest BCUT2D eigenvalue weighted by Gasteiger charge is 2.30. The first kappa shape index (κ1) is 23.1. The second-order valence-corrected chi connectivity index (χ2v) is 7.98. The van der Waals surface area contributed by atoms with Crippen LogP contribution in [0.1, 0.15) is 45.1 Å². The number of benzene rings is 1. The Morgan fingerprint density at radius 3 is 2.42 bits per heavy atom. The topological polar surface area (TPSA) is 86.3 Å². The zero-order chi connectivity index (χ0) is 22.1. The van der Waals surface area contributed by atoms with Gasteiger partial charge in [0.15, 0.2) is 5.96 Å². The van der Waals surface area contributed by atoms with Crippen molar-refractivity contribution in [2.75, 3.05) is 44.6 Å². The lowest BCUT2D eigenvalue weighted by Gasteiger charge is -2.37. The molecule has 31 heavy (non-hydrogen) atoms. The van der Waals surface area contributed by atoms with Crippen molar-refractivity contribution in [3.63, 3.8) is 0 Å². The van der Waals surface area contributed by atoms with E-state index in [1.807, 2.05) is 36.1 Å². The van der Waals surface area contributed by atoms with Crippen molar-refractivity contribution in [3.05, 3.63) is 29.8 Å². The molecule has 0 aliphatic carbocycles. The summed E-state index contributed by atoms with van der Waals surface area (Å²) in [6.07, 6.45) is 2.93. The number of aliphatic imine (C=N–C) groups is 1. The molecule has 3 rings (SSSR count). The molecule has 0 spiro atoms. The van der Waals surface area contributed by atoms with Gasteiger partial charge in [-0.25, -0.2) is 4.99 Å². The Kier molecular flexibility index (Phi) is 8.70. The average molecular weight is 430 g/mol. The lowest BCUT2D eigenvalue weighted by atomic mass is 10.2. The van der Waals surface area contributed by atoms with E-state index in [1.165, 1.54) is 0 Å². The van der Waals surface area contributed by atoms with Gasteiger partial charge in [-0.15, -0.1) is 0 Å². The van der Waals surface area contributed by atoms with E-state index < -0.39 is 0 Å². The maximum atomic E-state index is 12.6. The summed E-state index contributed by atoms with van der Waals surface area (Å²) in [5.41, 5.74) is 1.89. The highest BCUT2D eigenvalue weighted by Crippen LogP contribution is 2.16. The largest absolute Gasteiger partial charge is 0.368 e. The number of guanidine groups is 1. The molecule has 1 unspecified atom stereocenters. The van der Waals surface area contributed by atoms with Gasteiger partial charge in [0.1, 0.15) is 6.10 Å². The summed E-state index contributed by atoms with van der Waals surface area (Å²) in [5, 5.41) is 6.27. The Balaban J connectivity index is 1.53. The van der Waals surface area contributed by atoms with Gasteiger partial charge in [0.05, 0.1) is 6.54 Å². The number of hydrogen-bond acceptors (Lipinski definition) is 4. The van der Waals surface area contributed by atoms with Crippen molar-refractivity contribution >= 4 is 23.5 Å². The minimum absolute atomic E-state index is 0.0415. The molecule has 1 atom stereocenters. The zero-order valence-electron chi connectivity index (χ0n) is 18.7. The van der Waals surface area contributed by atoms with Crippen LogP contribution in [0.5, 0.6) is 0 Å². The number of ether oxygens (including phenoxy) is 1. The van der Waals surface area contributed by atoms with E-state index in [1.54, 1.807) is 0 Å². The fraction of sp³-hybridized carbons (Fsp3) is 0.609. The summed E-state index contributed by atoms with van der Waals surface area (Å²) in [4.78, 5) is 33.2. The molecule has 1 aromatic carbocycles. The predicted molar refractivity (Wildman–Crippen MR) is 122 cm³/mol. The Hall–Kier alpha value is -2.61. The second-order valence-electron chi connectivity index (χ2n) is 7.98. The van der Waals surface area contributed by atoms with Gasteiger partial charge in [0.2, 0.25) is 5.91 Å². The lowest BCUT2D eigenvalue weighted by molar-refractivity contribution is -0.142. The van der Waals surface area contributed by atoms with Gasteiger partial charge in [0.25, 0.3) is 5.91 Å². The number of rotatable bonds is 7. The molecular formula is C23H35N5O3. The number of anilines is 1. The van der Waals surface area contributed by atoms with Gasteiger partial charge in [0, 0.05) is 51.4 Å². The summed E-state index contributed by atoms with van der Waals surface area (Å²) in [7, 11) is 0. The minimum atomic E-state index is -0.247. The molecule has 2 aliphatic heterocycles. The Bertz CT molecular complexity index is 751. The molecular weight excluding hydrogens is 394 g/mol. The summed E-state index contributed by atoms with van der Waals surface area (Å²) in [6.45, 7) is 8.98. The Labute approximate surface area is 185 Å². The maximum absolute atomic E-state index is 12.6. The van der Waals surface area contributed by atoms with E-state index in [4.69, 9.17) is 9.73 Å². The monoisotopic (exact) mass is 429 g/mol. The molecule has 8 heteroatoms. The molecule has 2 heterocycles. The Morgan fingerprint density at radius 2 is 1.81 bits per heavy atom. The van der Waals surface area contributed by atoms with Crippen molar-refractivity contribution in [2.24, 2.45) is 4.99 Å². The number of carbonyl (C=O) groups is 2. The molecule has 8 nitrogen and oxygen atoms in total. The number of amides is 2. The smallest absolute Gasteiger partial charge is 0.251 e. The van der Waals surface area contributed by atoms with Crippen LogP contribution in [0.4, 0.5) is 5.69 Å². The van der Waals surface area contributed by atoms with Crippen molar-refractivity contribution in [2.45, 2.75) is 52.2 Å². The first-order chi connectivity index (χ1) is 15.1. The summed E-state index contributed by atoms with van der Waals surface area (Å²) in [5.74, 6) is 1.04. The molecule has 2 amide bonds. The first-order valence-corrected chi connectivity index (χ1v) is 11.4. The number of nitrogens with zero attached hydrogens (tertiary/aromatic N) is 3. The van der Waals surface area contributed by atoms with Gasteiger partial charge in [-0.1, -0.05) is 19.1 Å². The van der Waals surface area contributed by atoms with Crippen LogP contribution >= 0.6 is 0 Å². The van der Waals surface area contributed by atoms with Crippen molar-refractivity contribution in [1.82, 2.24) is 15.1 Å². The van der Waals surface area contributed by atoms with Crippen LogP contribution in [0, 0.1) is 0 Å². The predicted octanol–water partition coefficient (Wildman–Crippen LogP) is 2.21. The first-order valence-electron chi connectivity index (χ1n) is 11.4. The van der Waals surface area contributed by atoms with E-state index in [2.05, 4.69) is 22.5 Å².